The van der Waals surface area contributed by atoms with Crippen molar-refractivity contribution in [1.29, 1.82) is 0 Å². The fourth-order valence-corrected chi connectivity index (χ4v) is 3.59. The van der Waals surface area contributed by atoms with Gasteiger partial charge in [0.05, 0.1) is 5.92 Å². The lowest BCUT2D eigenvalue weighted by atomic mass is 9.82. The first-order chi connectivity index (χ1) is 9.74. The van der Waals surface area contributed by atoms with Gasteiger partial charge in [-0.25, -0.2) is 0 Å². The zero-order valence-corrected chi connectivity index (χ0v) is 12.0. The molecule has 0 bridgehead atoms. The number of carbonyl (C=O) groups is 1. The number of hydrogen-bond acceptors (Lipinski definition) is 2. The molecule has 3 rings (SSSR count). The Morgan fingerprint density at radius 1 is 1.10 bits per heavy atom. The molecule has 1 atom stereocenters. The first kappa shape index (κ1) is 13.6. The molecule has 0 spiro atoms. The minimum Gasteiger partial charge on any atom is -0.353 e. The zero-order chi connectivity index (χ0) is 13.9. The quantitative estimate of drug-likeness (QED) is 0.869. The van der Waals surface area contributed by atoms with E-state index in [1.807, 2.05) is 6.07 Å². The fourth-order valence-electron chi connectivity index (χ4n) is 3.59. The number of amides is 1. The summed E-state index contributed by atoms with van der Waals surface area (Å²) in [4.78, 5) is 12.6. The summed E-state index contributed by atoms with van der Waals surface area (Å²) in [6, 6.07) is 9.06. The van der Waals surface area contributed by atoms with E-state index in [9.17, 15) is 4.79 Å². The first-order valence-corrected chi connectivity index (χ1v) is 7.88. The van der Waals surface area contributed by atoms with Gasteiger partial charge >= 0.3 is 0 Å². The molecule has 1 aromatic rings. The summed E-state index contributed by atoms with van der Waals surface area (Å²) in [6.07, 6.45) is 7.33. The van der Waals surface area contributed by atoms with E-state index in [1.54, 1.807) is 0 Å². The maximum absolute atomic E-state index is 12.6. The third-order valence-corrected chi connectivity index (χ3v) is 4.80. The van der Waals surface area contributed by atoms with Crippen LogP contribution in [0.5, 0.6) is 0 Å². The molecule has 3 N–H and O–H groups in total. The van der Waals surface area contributed by atoms with Crippen LogP contribution in [0, 0.1) is 0 Å². The molecule has 0 saturated heterocycles. The number of benzene rings is 1. The second-order valence-corrected chi connectivity index (χ2v) is 6.26. The van der Waals surface area contributed by atoms with Crippen LogP contribution < -0.4 is 11.1 Å². The summed E-state index contributed by atoms with van der Waals surface area (Å²) in [5.41, 5.74) is 8.51. The largest absolute Gasteiger partial charge is 0.353 e. The number of hydrogen-bond donors (Lipinski definition) is 2. The van der Waals surface area contributed by atoms with Gasteiger partial charge in [-0.1, -0.05) is 24.3 Å². The molecule has 20 heavy (non-hydrogen) atoms. The Hall–Kier alpha value is -1.35. The number of nitrogens with two attached hydrogens (primary N) is 1. The lowest BCUT2D eigenvalue weighted by molar-refractivity contribution is -0.123. The van der Waals surface area contributed by atoms with Crippen LogP contribution in [-0.2, 0) is 11.2 Å². The van der Waals surface area contributed by atoms with E-state index in [2.05, 4.69) is 23.5 Å². The highest BCUT2D eigenvalue weighted by Gasteiger charge is 2.28. The molecule has 1 aromatic carbocycles. The molecule has 0 heterocycles. The van der Waals surface area contributed by atoms with Crippen molar-refractivity contribution in [1.82, 2.24) is 5.32 Å². The fraction of sp³-hybridized carbons (Fsp3) is 0.588. The molecule has 3 heteroatoms. The standard InChI is InChI=1S/C17H24N2O/c18-13-8-10-14(11-9-13)19-17(20)16-7-3-5-12-4-1-2-6-15(12)16/h1-2,4,6,13-14,16H,3,5,7-11,18H2,(H,19,20). The lowest BCUT2D eigenvalue weighted by Gasteiger charge is -2.30. The predicted molar refractivity (Wildman–Crippen MR) is 80.5 cm³/mol. The maximum atomic E-state index is 12.6. The van der Waals surface area contributed by atoms with Crippen molar-refractivity contribution in [2.45, 2.75) is 62.9 Å². The highest BCUT2D eigenvalue weighted by Crippen LogP contribution is 2.32. The molecular formula is C17H24N2O. The minimum absolute atomic E-state index is 0.0514. The third kappa shape index (κ3) is 2.88. The van der Waals surface area contributed by atoms with Crippen molar-refractivity contribution < 1.29 is 4.79 Å². The monoisotopic (exact) mass is 272 g/mol. The number of fused-ring (bicyclic) bond motifs is 1. The van der Waals surface area contributed by atoms with Gasteiger partial charge in [-0.3, -0.25) is 4.79 Å². The van der Waals surface area contributed by atoms with Crippen LogP contribution in [0.25, 0.3) is 0 Å². The number of carbonyl (C=O) groups excluding carboxylic acids is 1. The van der Waals surface area contributed by atoms with Crippen molar-refractivity contribution in [2.75, 3.05) is 0 Å². The molecule has 1 unspecified atom stereocenters. The van der Waals surface area contributed by atoms with E-state index >= 15 is 0 Å². The molecule has 0 radical (unpaired) electrons. The van der Waals surface area contributed by atoms with Crippen LogP contribution in [0.4, 0.5) is 0 Å². The normalized spacial score (nSPS) is 29.6. The average molecular weight is 272 g/mol. The molecule has 0 aromatic heterocycles. The summed E-state index contributed by atoms with van der Waals surface area (Å²) >= 11 is 0. The Morgan fingerprint density at radius 2 is 1.85 bits per heavy atom. The minimum atomic E-state index is 0.0514. The van der Waals surface area contributed by atoms with E-state index < -0.39 is 0 Å². The Labute approximate surface area is 120 Å². The molecule has 3 nitrogen and oxygen atoms in total. The summed E-state index contributed by atoms with van der Waals surface area (Å²) in [5.74, 6) is 0.271. The highest BCUT2D eigenvalue weighted by molar-refractivity contribution is 5.84. The SMILES string of the molecule is NC1CCC(NC(=O)C2CCCc3ccccc32)CC1. The van der Waals surface area contributed by atoms with Gasteiger partial charge in [-0.2, -0.15) is 0 Å². The van der Waals surface area contributed by atoms with Crippen molar-refractivity contribution >= 4 is 5.91 Å². The van der Waals surface area contributed by atoms with E-state index in [4.69, 9.17) is 5.73 Å². The van der Waals surface area contributed by atoms with Gasteiger partial charge in [-0.05, 0) is 56.1 Å². The second kappa shape index (κ2) is 5.96. The molecule has 2 aliphatic rings. The molecule has 2 aliphatic carbocycles. The number of rotatable bonds is 2. The van der Waals surface area contributed by atoms with Gasteiger partial charge in [0.25, 0.3) is 0 Å². The lowest BCUT2D eigenvalue weighted by Crippen LogP contribution is -2.42. The van der Waals surface area contributed by atoms with Gasteiger partial charge in [0.15, 0.2) is 0 Å². The van der Waals surface area contributed by atoms with Gasteiger partial charge in [-0.15, -0.1) is 0 Å². The predicted octanol–water partition coefficient (Wildman–Crippen LogP) is 2.49. The maximum Gasteiger partial charge on any atom is 0.227 e. The number of nitrogens with one attached hydrogen (secondary N) is 1. The molecule has 1 saturated carbocycles. The van der Waals surface area contributed by atoms with Crippen LogP contribution in [0.1, 0.15) is 55.6 Å². The summed E-state index contributed by atoms with van der Waals surface area (Å²) in [7, 11) is 0. The zero-order valence-electron chi connectivity index (χ0n) is 12.0. The van der Waals surface area contributed by atoms with Crippen LogP contribution in [0.15, 0.2) is 24.3 Å². The third-order valence-electron chi connectivity index (χ3n) is 4.80. The highest BCUT2D eigenvalue weighted by atomic mass is 16.1. The second-order valence-electron chi connectivity index (χ2n) is 6.26. The van der Waals surface area contributed by atoms with Crippen molar-refractivity contribution in [3.8, 4) is 0 Å². The van der Waals surface area contributed by atoms with Gasteiger partial charge in [0.1, 0.15) is 0 Å². The van der Waals surface area contributed by atoms with Crippen molar-refractivity contribution in [3.05, 3.63) is 35.4 Å². The molecule has 1 amide bonds. The van der Waals surface area contributed by atoms with Gasteiger partial charge < -0.3 is 11.1 Å². The van der Waals surface area contributed by atoms with Crippen LogP contribution in [0.2, 0.25) is 0 Å². The summed E-state index contributed by atoms with van der Waals surface area (Å²) < 4.78 is 0. The van der Waals surface area contributed by atoms with E-state index in [0.717, 1.165) is 44.9 Å². The molecule has 1 fully saturated rings. The number of aryl methyl sites for hydroxylation is 1. The van der Waals surface area contributed by atoms with E-state index in [-0.39, 0.29) is 11.8 Å². The topological polar surface area (TPSA) is 55.1 Å². The van der Waals surface area contributed by atoms with Crippen LogP contribution in [0.3, 0.4) is 0 Å². The molecular weight excluding hydrogens is 248 g/mol. The Bertz CT molecular complexity index is 478. The van der Waals surface area contributed by atoms with Crippen molar-refractivity contribution in [3.63, 3.8) is 0 Å². The summed E-state index contributed by atoms with van der Waals surface area (Å²) in [6.45, 7) is 0. The smallest absolute Gasteiger partial charge is 0.227 e. The Kier molecular flexibility index (Phi) is 4.06. The van der Waals surface area contributed by atoms with Crippen LogP contribution in [-0.4, -0.2) is 18.0 Å². The van der Waals surface area contributed by atoms with E-state index in [1.165, 1.54) is 11.1 Å². The summed E-state index contributed by atoms with van der Waals surface area (Å²) in [5, 5.41) is 3.26. The van der Waals surface area contributed by atoms with Crippen molar-refractivity contribution in [2.24, 2.45) is 5.73 Å². The first-order valence-electron chi connectivity index (χ1n) is 7.88. The molecule has 108 valence electrons. The van der Waals surface area contributed by atoms with Gasteiger partial charge in [0, 0.05) is 12.1 Å². The average Bonchev–Trinajstić information content (AvgIpc) is 2.49. The molecule has 0 aliphatic heterocycles. The Morgan fingerprint density at radius 3 is 2.65 bits per heavy atom. The van der Waals surface area contributed by atoms with Crippen LogP contribution >= 0.6 is 0 Å². The Balaban J connectivity index is 1.66. The van der Waals surface area contributed by atoms with E-state index in [0.29, 0.717) is 12.1 Å². The van der Waals surface area contributed by atoms with Gasteiger partial charge in [0.2, 0.25) is 5.91 Å².